The standard InChI is InChI=1S/C20H26N6O2/c1-28-12-11-26-15-16(14-23-26)13-22-20(27)25-9-7-24(8-10-25)19-4-2-3-18-17(19)5-6-21-18/h2-6,14-15,21H,7-13H2,1H3,(H,22,27). The molecule has 1 saturated heterocycles. The number of hydrogen-bond donors (Lipinski definition) is 2. The Morgan fingerprint density at radius 2 is 2.11 bits per heavy atom. The third kappa shape index (κ3) is 3.96. The Hall–Kier alpha value is -3.00. The van der Waals surface area contributed by atoms with E-state index in [4.69, 9.17) is 4.74 Å². The Morgan fingerprint density at radius 1 is 1.25 bits per heavy atom. The molecule has 2 amide bonds. The van der Waals surface area contributed by atoms with E-state index >= 15 is 0 Å². The van der Waals surface area contributed by atoms with Crippen molar-refractivity contribution in [3.63, 3.8) is 0 Å². The van der Waals surface area contributed by atoms with Gasteiger partial charge in [-0.2, -0.15) is 5.10 Å². The molecule has 4 rings (SSSR count). The number of aromatic amines is 1. The van der Waals surface area contributed by atoms with Crippen LogP contribution in [0.25, 0.3) is 10.9 Å². The SMILES string of the molecule is COCCn1cc(CNC(=O)N2CCN(c3cccc4[nH]ccc34)CC2)cn1. The maximum Gasteiger partial charge on any atom is 0.317 e. The molecular weight excluding hydrogens is 356 g/mol. The summed E-state index contributed by atoms with van der Waals surface area (Å²) in [7, 11) is 1.67. The minimum absolute atomic E-state index is 0.0239. The molecule has 3 heterocycles. The van der Waals surface area contributed by atoms with Crippen molar-refractivity contribution in [2.24, 2.45) is 0 Å². The largest absolute Gasteiger partial charge is 0.383 e. The zero-order chi connectivity index (χ0) is 19.3. The van der Waals surface area contributed by atoms with Crippen LogP contribution in [0.2, 0.25) is 0 Å². The van der Waals surface area contributed by atoms with E-state index in [1.165, 1.54) is 11.1 Å². The molecule has 148 valence electrons. The Bertz CT molecular complexity index is 926. The molecule has 0 saturated carbocycles. The average molecular weight is 382 g/mol. The van der Waals surface area contributed by atoms with Gasteiger partial charge in [0.2, 0.25) is 0 Å². The molecule has 8 nitrogen and oxygen atoms in total. The summed E-state index contributed by atoms with van der Waals surface area (Å²) in [6.45, 7) is 4.88. The normalized spacial score (nSPS) is 14.6. The molecule has 8 heteroatoms. The summed E-state index contributed by atoms with van der Waals surface area (Å²) in [6, 6.07) is 8.38. The first-order valence-corrected chi connectivity index (χ1v) is 9.58. The van der Waals surface area contributed by atoms with Crippen LogP contribution in [-0.2, 0) is 17.8 Å². The molecule has 0 bridgehead atoms. The zero-order valence-corrected chi connectivity index (χ0v) is 16.1. The van der Waals surface area contributed by atoms with Crippen molar-refractivity contribution in [3.05, 3.63) is 48.4 Å². The van der Waals surface area contributed by atoms with Crippen molar-refractivity contribution in [2.45, 2.75) is 13.1 Å². The van der Waals surface area contributed by atoms with E-state index < -0.39 is 0 Å². The predicted octanol–water partition coefficient (Wildman–Crippen LogP) is 2.04. The minimum Gasteiger partial charge on any atom is -0.383 e. The van der Waals surface area contributed by atoms with E-state index in [9.17, 15) is 4.79 Å². The summed E-state index contributed by atoms with van der Waals surface area (Å²) in [5.41, 5.74) is 3.35. The number of carbonyl (C=O) groups excluding carboxylic acids is 1. The summed E-state index contributed by atoms with van der Waals surface area (Å²) in [5, 5.41) is 8.50. The maximum atomic E-state index is 12.5. The summed E-state index contributed by atoms with van der Waals surface area (Å²) in [6.07, 6.45) is 5.69. The van der Waals surface area contributed by atoms with Gasteiger partial charge in [0, 0.05) is 74.4 Å². The van der Waals surface area contributed by atoms with E-state index in [0.29, 0.717) is 32.8 Å². The summed E-state index contributed by atoms with van der Waals surface area (Å²) < 4.78 is 6.87. The average Bonchev–Trinajstić information content (AvgIpc) is 3.39. The van der Waals surface area contributed by atoms with E-state index in [0.717, 1.165) is 24.2 Å². The Morgan fingerprint density at radius 3 is 2.93 bits per heavy atom. The van der Waals surface area contributed by atoms with Crippen molar-refractivity contribution < 1.29 is 9.53 Å². The monoisotopic (exact) mass is 382 g/mol. The number of anilines is 1. The van der Waals surface area contributed by atoms with Gasteiger partial charge < -0.3 is 24.8 Å². The third-order valence-corrected chi connectivity index (χ3v) is 5.13. The highest BCUT2D eigenvalue weighted by Gasteiger charge is 2.22. The molecule has 1 aliphatic heterocycles. The van der Waals surface area contributed by atoms with Crippen LogP contribution in [0.15, 0.2) is 42.9 Å². The lowest BCUT2D eigenvalue weighted by atomic mass is 10.2. The molecule has 0 spiro atoms. The number of nitrogens with one attached hydrogen (secondary N) is 2. The quantitative estimate of drug-likeness (QED) is 0.684. The molecule has 1 fully saturated rings. The van der Waals surface area contributed by atoms with E-state index in [-0.39, 0.29) is 6.03 Å². The van der Waals surface area contributed by atoms with E-state index in [1.807, 2.05) is 22.0 Å². The molecular formula is C20H26N6O2. The van der Waals surface area contributed by atoms with Gasteiger partial charge in [-0.05, 0) is 18.2 Å². The summed E-state index contributed by atoms with van der Waals surface area (Å²) >= 11 is 0. The van der Waals surface area contributed by atoms with Crippen LogP contribution in [0.3, 0.4) is 0 Å². The molecule has 1 aromatic carbocycles. The second-order valence-electron chi connectivity index (χ2n) is 6.95. The number of hydrogen-bond acceptors (Lipinski definition) is 4. The number of carbonyl (C=O) groups is 1. The van der Waals surface area contributed by atoms with Gasteiger partial charge in [-0.15, -0.1) is 0 Å². The Kier molecular flexibility index (Phi) is 5.48. The number of methoxy groups -OCH3 is 1. The number of benzene rings is 1. The molecule has 0 atom stereocenters. The summed E-state index contributed by atoms with van der Waals surface area (Å²) in [4.78, 5) is 20.0. The smallest absolute Gasteiger partial charge is 0.317 e. The number of fused-ring (bicyclic) bond motifs is 1. The van der Waals surface area contributed by atoms with Crippen LogP contribution in [0.4, 0.5) is 10.5 Å². The van der Waals surface area contributed by atoms with Crippen LogP contribution in [-0.4, -0.2) is 65.6 Å². The van der Waals surface area contributed by atoms with Crippen LogP contribution in [0, 0.1) is 0 Å². The van der Waals surface area contributed by atoms with E-state index in [2.05, 4.69) is 44.6 Å². The van der Waals surface area contributed by atoms with Crippen molar-refractivity contribution >= 4 is 22.6 Å². The van der Waals surface area contributed by atoms with Crippen molar-refractivity contribution in [2.75, 3.05) is 44.8 Å². The number of ether oxygens (including phenoxy) is 1. The number of nitrogens with zero attached hydrogens (tertiary/aromatic N) is 4. The second-order valence-corrected chi connectivity index (χ2v) is 6.95. The molecule has 3 aromatic rings. The first-order valence-electron chi connectivity index (χ1n) is 9.58. The molecule has 0 aliphatic carbocycles. The number of amides is 2. The van der Waals surface area contributed by atoms with Crippen LogP contribution < -0.4 is 10.2 Å². The van der Waals surface area contributed by atoms with Gasteiger partial charge in [0.1, 0.15) is 0 Å². The lowest BCUT2D eigenvalue weighted by Gasteiger charge is -2.36. The summed E-state index contributed by atoms with van der Waals surface area (Å²) in [5.74, 6) is 0. The minimum atomic E-state index is -0.0239. The topological polar surface area (TPSA) is 78.4 Å². The molecule has 28 heavy (non-hydrogen) atoms. The Labute approximate surface area is 164 Å². The third-order valence-electron chi connectivity index (χ3n) is 5.13. The predicted molar refractivity (Wildman–Crippen MR) is 108 cm³/mol. The zero-order valence-electron chi connectivity index (χ0n) is 16.1. The van der Waals surface area contributed by atoms with Crippen molar-refractivity contribution in [1.29, 1.82) is 0 Å². The highest BCUT2D eigenvalue weighted by atomic mass is 16.5. The van der Waals surface area contributed by atoms with Crippen LogP contribution in [0.5, 0.6) is 0 Å². The van der Waals surface area contributed by atoms with Crippen molar-refractivity contribution in [3.8, 4) is 0 Å². The lowest BCUT2D eigenvalue weighted by molar-refractivity contribution is 0.183. The van der Waals surface area contributed by atoms with Gasteiger partial charge >= 0.3 is 6.03 Å². The number of rotatable bonds is 6. The van der Waals surface area contributed by atoms with Gasteiger partial charge in [0.15, 0.2) is 0 Å². The number of urea groups is 1. The van der Waals surface area contributed by atoms with Gasteiger partial charge in [0.05, 0.1) is 19.3 Å². The second kappa shape index (κ2) is 8.35. The molecule has 2 aromatic heterocycles. The number of aromatic nitrogens is 3. The molecule has 1 aliphatic rings. The lowest BCUT2D eigenvalue weighted by Crippen LogP contribution is -2.51. The highest BCUT2D eigenvalue weighted by Crippen LogP contribution is 2.26. The molecule has 0 radical (unpaired) electrons. The van der Waals surface area contributed by atoms with Crippen LogP contribution >= 0.6 is 0 Å². The maximum absolute atomic E-state index is 12.5. The fourth-order valence-corrected chi connectivity index (χ4v) is 3.59. The van der Waals surface area contributed by atoms with Gasteiger partial charge in [-0.1, -0.05) is 6.07 Å². The number of H-pyrrole nitrogens is 1. The van der Waals surface area contributed by atoms with Crippen molar-refractivity contribution in [1.82, 2.24) is 25.0 Å². The van der Waals surface area contributed by atoms with Gasteiger partial charge in [-0.3, -0.25) is 4.68 Å². The first kappa shape index (κ1) is 18.4. The molecule has 2 N–H and O–H groups in total. The van der Waals surface area contributed by atoms with E-state index in [1.54, 1.807) is 13.3 Å². The fraction of sp³-hybridized carbons (Fsp3) is 0.400. The number of piperazine rings is 1. The van der Waals surface area contributed by atoms with Gasteiger partial charge in [0.25, 0.3) is 0 Å². The van der Waals surface area contributed by atoms with Crippen LogP contribution in [0.1, 0.15) is 5.56 Å². The highest BCUT2D eigenvalue weighted by molar-refractivity contribution is 5.92. The fourth-order valence-electron chi connectivity index (χ4n) is 3.59. The van der Waals surface area contributed by atoms with Gasteiger partial charge in [-0.25, -0.2) is 4.79 Å². The molecule has 0 unspecified atom stereocenters. The first-order chi connectivity index (χ1) is 13.7. The Balaban J connectivity index is 1.28.